The number of methoxy groups -OCH3 is 1. The minimum Gasteiger partial charge on any atom is -0.385 e. The lowest BCUT2D eigenvalue weighted by molar-refractivity contribution is -0.120. The predicted octanol–water partition coefficient (Wildman–Crippen LogP) is 1.63. The third kappa shape index (κ3) is 4.84. The van der Waals surface area contributed by atoms with Crippen molar-refractivity contribution in [3.63, 3.8) is 0 Å². The maximum atomic E-state index is 12.7. The van der Waals surface area contributed by atoms with E-state index in [1.54, 1.807) is 18.0 Å². The number of piperazine rings is 1. The molecule has 1 N–H and O–H groups in total. The molecular formula is C20H34N6O2. The number of hydrogen-bond donors (Lipinski definition) is 1. The third-order valence-corrected chi connectivity index (χ3v) is 5.92. The summed E-state index contributed by atoms with van der Waals surface area (Å²) in [6.45, 7) is 6.19. The molecular weight excluding hydrogens is 356 g/mol. The summed E-state index contributed by atoms with van der Waals surface area (Å²) in [6.07, 6.45) is 9.66. The molecule has 2 fully saturated rings. The van der Waals surface area contributed by atoms with Gasteiger partial charge in [0.2, 0.25) is 5.91 Å². The summed E-state index contributed by atoms with van der Waals surface area (Å²) < 4.78 is 7.06. The van der Waals surface area contributed by atoms with Gasteiger partial charge in [0.25, 0.3) is 0 Å². The van der Waals surface area contributed by atoms with Crippen molar-refractivity contribution in [2.24, 2.45) is 17.5 Å². The summed E-state index contributed by atoms with van der Waals surface area (Å²) in [6, 6.07) is 0. The fourth-order valence-corrected chi connectivity index (χ4v) is 4.27. The number of rotatable bonds is 7. The van der Waals surface area contributed by atoms with Gasteiger partial charge in [-0.2, -0.15) is 5.10 Å². The van der Waals surface area contributed by atoms with Gasteiger partial charge in [0, 0.05) is 53.1 Å². The Morgan fingerprint density at radius 3 is 2.75 bits per heavy atom. The summed E-state index contributed by atoms with van der Waals surface area (Å²) >= 11 is 0. The molecule has 1 aliphatic heterocycles. The van der Waals surface area contributed by atoms with Gasteiger partial charge in [-0.15, -0.1) is 0 Å². The number of amides is 1. The zero-order valence-corrected chi connectivity index (χ0v) is 17.5. The molecule has 3 rings (SSSR count). The van der Waals surface area contributed by atoms with Crippen LogP contribution in [0.15, 0.2) is 17.4 Å². The first-order valence-corrected chi connectivity index (χ1v) is 10.4. The summed E-state index contributed by atoms with van der Waals surface area (Å²) in [5.74, 6) is 0.935. The molecule has 1 aliphatic carbocycles. The first-order valence-electron chi connectivity index (χ1n) is 10.4. The number of carbonyl (C=O) groups is 1. The third-order valence-electron chi connectivity index (χ3n) is 5.92. The van der Waals surface area contributed by atoms with Crippen molar-refractivity contribution in [3.8, 4) is 0 Å². The van der Waals surface area contributed by atoms with Gasteiger partial charge in [-0.05, 0) is 31.6 Å². The van der Waals surface area contributed by atoms with Gasteiger partial charge in [0.1, 0.15) is 6.54 Å². The summed E-state index contributed by atoms with van der Waals surface area (Å²) in [5, 5.41) is 7.56. The van der Waals surface area contributed by atoms with E-state index in [1.807, 2.05) is 18.1 Å². The predicted molar refractivity (Wildman–Crippen MR) is 111 cm³/mol. The largest absolute Gasteiger partial charge is 0.385 e. The lowest BCUT2D eigenvalue weighted by Crippen LogP contribution is -2.55. The van der Waals surface area contributed by atoms with Gasteiger partial charge in [0.05, 0.1) is 11.9 Å². The van der Waals surface area contributed by atoms with E-state index < -0.39 is 0 Å². The molecule has 156 valence electrons. The standard InChI is InChI=1S/C20H34N6O2/c1-4-21-19(22-16-20(9-12-28-3)7-5-6-8-20)25-10-11-26(18(27)15-25)17-13-23-24(2)14-17/h13-14H,4-12,15-16H2,1-3H3,(H,21,22). The zero-order chi connectivity index (χ0) is 20.0. The SMILES string of the molecule is CCNC(=NCC1(CCOC)CCCC1)N1CCN(c2cnn(C)c2)C(=O)C1. The van der Waals surface area contributed by atoms with E-state index in [2.05, 4.69) is 22.2 Å². The summed E-state index contributed by atoms with van der Waals surface area (Å²) in [7, 11) is 3.63. The van der Waals surface area contributed by atoms with E-state index in [0.717, 1.165) is 44.3 Å². The molecule has 0 bridgehead atoms. The van der Waals surface area contributed by atoms with E-state index in [1.165, 1.54) is 25.7 Å². The molecule has 0 aromatic carbocycles. The highest BCUT2D eigenvalue weighted by atomic mass is 16.5. The van der Waals surface area contributed by atoms with Crippen LogP contribution in [-0.4, -0.2) is 73.0 Å². The zero-order valence-electron chi connectivity index (χ0n) is 17.5. The molecule has 2 heterocycles. The Morgan fingerprint density at radius 1 is 1.36 bits per heavy atom. The van der Waals surface area contributed by atoms with Crippen LogP contribution in [0.1, 0.15) is 39.0 Å². The summed E-state index contributed by atoms with van der Waals surface area (Å²) in [4.78, 5) is 21.6. The van der Waals surface area contributed by atoms with Gasteiger partial charge in [0.15, 0.2) is 5.96 Å². The second-order valence-electron chi connectivity index (χ2n) is 7.96. The van der Waals surface area contributed by atoms with Gasteiger partial charge in [-0.25, -0.2) is 0 Å². The second-order valence-corrected chi connectivity index (χ2v) is 7.96. The molecule has 1 aromatic rings. The van der Waals surface area contributed by atoms with E-state index >= 15 is 0 Å². The lowest BCUT2D eigenvalue weighted by atomic mass is 9.83. The highest BCUT2D eigenvalue weighted by Crippen LogP contribution is 2.41. The molecule has 0 unspecified atom stereocenters. The van der Waals surface area contributed by atoms with Crippen molar-refractivity contribution >= 4 is 17.6 Å². The van der Waals surface area contributed by atoms with Gasteiger partial charge >= 0.3 is 0 Å². The van der Waals surface area contributed by atoms with Crippen LogP contribution >= 0.6 is 0 Å². The molecule has 8 heteroatoms. The smallest absolute Gasteiger partial charge is 0.246 e. The van der Waals surface area contributed by atoms with Crippen LogP contribution < -0.4 is 10.2 Å². The van der Waals surface area contributed by atoms with Crippen LogP contribution in [0, 0.1) is 5.41 Å². The number of guanidine groups is 1. The van der Waals surface area contributed by atoms with Gasteiger partial charge < -0.3 is 19.9 Å². The minimum atomic E-state index is 0.0832. The Morgan fingerprint density at radius 2 is 2.14 bits per heavy atom. The average molecular weight is 391 g/mol. The van der Waals surface area contributed by atoms with Crippen molar-refractivity contribution in [2.75, 3.05) is 51.3 Å². The molecule has 28 heavy (non-hydrogen) atoms. The Labute approximate surface area is 167 Å². The van der Waals surface area contributed by atoms with Crippen molar-refractivity contribution in [3.05, 3.63) is 12.4 Å². The van der Waals surface area contributed by atoms with Crippen molar-refractivity contribution in [2.45, 2.75) is 39.0 Å². The number of aliphatic imine (C=N–C) groups is 1. The number of ether oxygens (including phenoxy) is 1. The average Bonchev–Trinajstić information content (AvgIpc) is 3.33. The van der Waals surface area contributed by atoms with Crippen LogP contribution in [0.5, 0.6) is 0 Å². The number of carbonyl (C=O) groups excluding carboxylic acids is 1. The maximum absolute atomic E-state index is 12.7. The quantitative estimate of drug-likeness (QED) is 0.566. The maximum Gasteiger partial charge on any atom is 0.246 e. The van der Waals surface area contributed by atoms with Crippen molar-refractivity contribution in [1.29, 1.82) is 0 Å². The highest BCUT2D eigenvalue weighted by Gasteiger charge is 2.34. The lowest BCUT2D eigenvalue weighted by Gasteiger charge is -2.36. The first-order chi connectivity index (χ1) is 13.6. The van der Waals surface area contributed by atoms with Crippen LogP contribution in [0.3, 0.4) is 0 Å². The topological polar surface area (TPSA) is 75.0 Å². The molecule has 0 atom stereocenters. The number of aromatic nitrogens is 2. The van der Waals surface area contributed by atoms with Crippen molar-refractivity contribution < 1.29 is 9.53 Å². The van der Waals surface area contributed by atoms with Crippen LogP contribution in [0.25, 0.3) is 0 Å². The highest BCUT2D eigenvalue weighted by molar-refractivity contribution is 5.98. The number of nitrogens with one attached hydrogen (secondary N) is 1. The van der Waals surface area contributed by atoms with E-state index in [9.17, 15) is 4.79 Å². The Balaban J connectivity index is 1.66. The Bertz CT molecular complexity index is 680. The molecule has 1 saturated heterocycles. The molecule has 0 spiro atoms. The summed E-state index contributed by atoms with van der Waals surface area (Å²) in [5.41, 5.74) is 1.11. The van der Waals surface area contributed by atoms with Gasteiger partial charge in [-0.3, -0.25) is 14.5 Å². The monoisotopic (exact) mass is 390 g/mol. The molecule has 8 nitrogen and oxygen atoms in total. The molecule has 1 aromatic heterocycles. The second kappa shape index (κ2) is 9.41. The first kappa shape index (κ1) is 20.6. The van der Waals surface area contributed by atoms with E-state index in [-0.39, 0.29) is 11.3 Å². The molecule has 2 aliphatic rings. The number of nitrogens with zero attached hydrogens (tertiary/aromatic N) is 5. The fraction of sp³-hybridized carbons (Fsp3) is 0.750. The van der Waals surface area contributed by atoms with E-state index in [4.69, 9.17) is 9.73 Å². The van der Waals surface area contributed by atoms with E-state index in [0.29, 0.717) is 13.1 Å². The molecule has 0 radical (unpaired) electrons. The molecule has 1 amide bonds. The van der Waals surface area contributed by atoms with Crippen molar-refractivity contribution in [1.82, 2.24) is 20.0 Å². The fourth-order valence-electron chi connectivity index (χ4n) is 4.27. The minimum absolute atomic E-state index is 0.0832. The van der Waals surface area contributed by atoms with Crippen LogP contribution in [0.2, 0.25) is 0 Å². The number of aryl methyl sites for hydroxylation is 1. The van der Waals surface area contributed by atoms with Crippen LogP contribution in [-0.2, 0) is 16.6 Å². The Kier molecular flexibility index (Phi) is 6.93. The Hall–Kier alpha value is -2.09. The van der Waals surface area contributed by atoms with Crippen LogP contribution in [0.4, 0.5) is 5.69 Å². The normalized spacial score (nSPS) is 20.1. The van der Waals surface area contributed by atoms with Gasteiger partial charge in [-0.1, -0.05) is 12.8 Å². The molecule has 1 saturated carbocycles. The number of anilines is 1. The number of hydrogen-bond acceptors (Lipinski definition) is 4.